The van der Waals surface area contributed by atoms with Gasteiger partial charge in [0, 0.05) is 12.1 Å². The molecule has 0 N–H and O–H groups in total. The number of hydrogen-bond acceptors (Lipinski definition) is 3. The van der Waals surface area contributed by atoms with Crippen molar-refractivity contribution in [3.63, 3.8) is 0 Å². The zero-order valence-corrected chi connectivity index (χ0v) is 11.2. The number of aromatic nitrogens is 3. The van der Waals surface area contributed by atoms with Gasteiger partial charge in [-0.3, -0.25) is 0 Å². The smallest absolute Gasteiger partial charge is 0.215 e. The SMILES string of the molecule is COc1ccc2nc(CCl)n(C3CCCC3)c2n1. The first-order valence-corrected chi connectivity index (χ1v) is 6.84. The van der Waals surface area contributed by atoms with E-state index in [1.54, 1.807) is 7.11 Å². The van der Waals surface area contributed by atoms with Gasteiger partial charge in [-0.1, -0.05) is 12.8 Å². The molecule has 0 saturated heterocycles. The first kappa shape index (κ1) is 11.8. The van der Waals surface area contributed by atoms with Crippen LogP contribution in [0.3, 0.4) is 0 Å². The minimum atomic E-state index is 0.426. The summed E-state index contributed by atoms with van der Waals surface area (Å²) in [6, 6.07) is 4.28. The van der Waals surface area contributed by atoms with Crippen LogP contribution in [0.2, 0.25) is 0 Å². The largest absolute Gasteiger partial charge is 0.481 e. The second kappa shape index (κ2) is 4.76. The highest BCUT2D eigenvalue weighted by atomic mass is 35.5. The van der Waals surface area contributed by atoms with E-state index in [4.69, 9.17) is 16.3 Å². The molecular weight excluding hydrogens is 250 g/mol. The van der Waals surface area contributed by atoms with Crippen molar-refractivity contribution in [2.24, 2.45) is 0 Å². The average molecular weight is 266 g/mol. The van der Waals surface area contributed by atoms with Crippen molar-refractivity contribution in [2.75, 3.05) is 7.11 Å². The third-order valence-corrected chi connectivity index (χ3v) is 3.84. The van der Waals surface area contributed by atoms with E-state index in [2.05, 4.69) is 14.5 Å². The summed E-state index contributed by atoms with van der Waals surface area (Å²) in [5, 5.41) is 0. The maximum absolute atomic E-state index is 6.01. The Morgan fingerprint density at radius 1 is 1.33 bits per heavy atom. The maximum atomic E-state index is 6.01. The van der Waals surface area contributed by atoms with Crippen LogP contribution in [0.1, 0.15) is 37.5 Å². The van der Waals surface area contributed by atoms with E-state index < -0.39 is 0 Å². The molecule has 2 aromatic rings. The fraction of sp³-hybridized carbons (Fsp3) is 0.538. The van der Waals surface area contributed by atoms with Gasteiger partial charge in [-0.2, -0.15) is 4.98 Å². The van der Waals surface area contributed by atoms with Gasteiger partial charge in [0.25, 0.3) is 0 Å². The summed E-state index contributed by atoms with van der Waals surface area (Å²) in [5.74, 6) is 1.97. The van der Waals surface area contributed by atoms with Crippen molar-refractivity contribution >= 4 is 22.8 Å². The molecule has 1 fully saturated rings. The Morgan fingerprint density at radius 3 is 2.78 bits per heavy atom. The lowest BCUT2D eigenvalue weighted by Crippen LogP contribution is -2.09. The van der Waals surface area contributed by atoms with Crippen molar-refractivity contribution in [1.29, 1.82) is 0 Å². The number of nitrogens with zero attached hydrogens (tertiary/aromatic N) is 3. The van der Waals surface area contributed by atoms with Crippen molar-refractivity contribution in [3.05, 3.63) is 18.0 Å². The Hall–Kier alpha value is -1.29. The van der Waals surface area contributed by atoms with Crippen LogP contribution in [-0.4, -0.2) is 21.6 Å². The molecular formula is C13H16ClN3O. The number of pyridine rings is 1. The Bertz CT molecular complexity index is 561. The van der Waals surface area contributed by atoms with Gasteiger partial charge in [0.2, 0.25) is 5.88 Å². The quantitative estimate of drug-likeness (QED) is 0.800. The van der Waals surface area contributed by atoms with Gasteiger partial charge < -0.3 is 9.30 Å². The molecule has 4 nitrogen and oxygen atoms in total. The fourth-order valence-electron chi connectivity index (χ4n) is 2.76. The number of methoxy groups -OCH3 is 1. The number of rotatable bonds is 3. The topological polar surface area (TPSA) is 39.9 Å². The molecule has 0 bridgehead atoms. The number of halogens is 1. The maximum Gasteiger partial charge on any atom is 0.215 e. The van der Waals surface area contributed by atoms with E-state index in [1.165, 1.54) is 25.7 Å². The van der Waals surface area contributed by atoms with Crippen molar-refractivity contribution in [1.82, 2.24) is 14.5 Å². The molecule has 2 aromatic heterocycles. The molecule has 5 heteroatoms. The van der Waals surface area contributed by atoms with E-state index in [0.29, 0.717) is 17.8 Å². The first-order valence-electron chi connectivity index (χ1n) is 6.31. The molecule has 0 spiro atoms. The van der Waals surface area contributed by atoms with E-state index in [1.807, 2.05) is 12.1 Å². The molecule has 0 aromatic carbocycles. The Morgan fingerprint density at radius 2 is 2.11 bits per heavy atom. The van der Waals surface area contributed by atoms with E-state index >= 15 is 0 Å². The van der Waals surface area contributed by atoms with Crippen LogP contribution in [0.4, 0.5) is 0 Å². The number of alkyl halides is 1. The normalized spacial score (nSPS) is 16.6. The fourth-order valence-corrected chi connectivity index (χ4v) is 2.95. The lowest BCUT2D eigenvalue weighted by molar-refractivity contribution is 0.398. The second-order valence-electron chi connectivity index (χ2n) is 4.67. The number of imidazole rings is 1. The molecule has 0 atom stereocenters. The summed E-state index contributed by atoms with van der Waals surface area (Å²) in [7, 11) is 1.63. The predicted octanol–water partition coefficient (Wildman–Crippen LogP) is 3.29. The first-order chi connectivity index (χ1) is 8.83. The third-order valence-electron chi connectivity index (χ3n) is 3.60. The molecule has 96 valence electrons. The zero-order chi connectivity index (χ0) is 12.5. The summed E-state index contributed by atoms with van der Waals surface area (Å²) in [6.45, 7) is 0. The predicted molar refractivity (Wildman–Crippen MR) is 71.1 cm³/mol. The summed E-state index contributed by atoms with van der Waals surface area (Å²) < 4.78 is 7.40. The highest BCUT2D eigenvalue weighted by Crippen LogP contribution is 2.33. The molecule has 0 unspecified atom stereocenters. The second-order valence-corrected chi connectivity index (χ2v) is 4.93. The van der Waals surface area contributed by atoms with Crippen LogP contribution in [0, 0.1) is 0 Å². The molecule has 0 aliphatic heterocycles. The molecule has 1 aliphatic rings. The minimum absolute atomic E-state index is 0.426. The molecule has 2 heterocycles. The Labute approximate surface area is 111 Å². The van der Waals surface area contributed by atoms with Crippen LogP contribution in [0.5, 0.6) is 5.88 Å². The van der Waals surface area contributed by atoms with Crippen LogP contribution >= 0.6 is 11.6 Å². The highest BCUT2D eigenvalue weighted by molar-refractivity contribution is 6.16. The number of ether oxygens (including phenoxy) is 1. The third kappa shape index (κ3) is 1.85. The van der Waals surface area contributed by atoms with Gasteiger partial charge >= 0.3 is 0 Å². The van der Waals surface area contributed by atoms with E-state index in [9.17, 15) is 0 Å². The molecule has 1 aliphatic carbocycles. The molecule has 3 rings (SSSR count). The van der Waals surface area contributed by atoms with Crippen LogP contribution in [0.25, 0.3) is 11.2 Å². The molecule has 0 radical (unpaired) electrons. The lowest BCUT2D eigenvalue weighted by atomic mass is 10.2. The molecule has 1 saturated carbocycles. The summed E-state index contributed by atoms with van der Waals surface area (Å²) in [6.07, 6.45) is 4.93. The summed E-state index contributed by atoms with van der Waals surface area (Å²) in [4.78, 5) is 9.09. The van der Waals surface area contributed by atoms with Gasteiger partial charge in [0.15, 0.2) is 5.65 Å². The van der Waals surface area contributed by atoms with Crippen LogP contribution in [-0.2, 0) is 5.88 Å². The van der Waals surface area contributed by atoms with Crippen molar-refractivity contribution < 1.29 is 4.74 Å². The zero-order valence-electron chi connectivity index (χ0n) is 10.4. The van der Waals surface area contributed by atoms with E-state index in [0.717, 1.165) is 17.0 Å². The standard InChI is InChI=1S/C13H16ClN3O/c1-18-12-7-6-10-13(16-12)17(11(8-14)15-10)9-4-2-3-5-9/h6-7,9H,2-5,8H2,1H3. The van der Waals surface area contributed by atoms with Crippen molar-refractivity contribution in [3.8, 4) is 5.88 Å². The Balaban J connectivity index is 2.17. The lowest BCUT2D eigenvalue weighted by Gasteiger charge is -2.14. The van der Waals surface area contributed by atoms with Gasteiger partial charge in [0.1, 0.15) is 11.3 Å². The van der Waals surface area contributed by atoms with Gasteiger partial charge in [-0.05, 0) is 18.9 Å². The molecule has 18 heavy (non-hydrogen) atoms. The monoisotopic (exact) mass is 265 g/mol. The number of fused-ring (bicyclic) bond motifs is 1. The van der Waals surface area contributed by atoms with Gasteiger partial charge in [-0.15, -0.1) is 11.6 Å². The summed E-state index contributed by atoms with van der Waals surface area (Å²) >= 11 is 6.01. The highest BCUT2D eigenvalue weighted by Gasteiger charge is 2.23. The number of hydrogen-bond donors (Lipinski definition) is 0. The van der Waals surface area contributed by atoms with Crippen LogP contribution < -0.4 is 4.74 Å². The molecule has 0 amide bonds. The van der Waals surface area contributed by atoms with Gasteiger partial charge in [-0.25, -0.2) is 4.98 Å². The average Bonchev–Trinajstić information content (AvgIpc) is 3.03. The Kier molecular flexibility index (Phi) is 3.12. The minimum Gasteiger partial charge on any atom is -0.481 e. The van der Waals surface area contributed by atoms with E-state index in [-0.39, 0.29) is 0 Å². The van der Waals surface area contributed by atoms with Crippen molar-refractivity contribution in [2.45, 2.75) is 37.6 Å². The van der Waals surface area contributed by atoms with Crippen LogP contribution in [0.15, 0.2) is 12.1 Å². The van der Waals surface area contributed by atoms with Gasteiger partial charge in [0.05, 0.1) is 13.0 Å². The summed E-state index contributed by atoms with van der Waals surface area (Å²) in [5.41, 5.74) is 1.80.